The Bertz CT molecular complexity index is 863. The van der Waals surface area contributed by atoms with Crippen LogP contribution in [0.3, 0.4) is 0 Å². The molecule has 0 fully saturated rings. The summed E-state index contributed by atoms with van der Waals surface area (Å²) >= 11 is 0. The molecule has 0 saturated heterocycles. The van der Waals surface area contributed by atoms with Gasteiger partial charge >= 0.3 is 0 Å². The van der Waals surface area contributed by atoms with Crippen LogP contribution in [0.1, 0.15) is 0 Å². The maximum atomic E-state index is 4.33. The fraction of sp³-hybridized carbons (Fsp3) is 0. The van der Waals surface area contributed by atoms with Crippen molar-refractivity contribution in [1.29, 1.82) is 0 Å². The number of nitrogens with zero attached hydrogens (tertiary/aromatic N) is 3. The third-order valence-corrected chi connectivity index (χ3v) is 3.39. The van der Waals surface area contributed by atoms with Crippen molar-refractivity contribution in [3.05, 3.63) is 67.1 Å². The molecule has 0 amide bonds. The maximum Gasteiger partial charge on any atom is 0.163 e. The molecule has 0 aliphatic heterocycles. The molecule has 4 aromatic rings. The van der Waals surface area contributed by atoms with Crippen molar-refractivity contribution in [2.45, 2.75) is 0 Å². The number of pyridine rings is 1. The zero-order valence-corrected chi connectivity index (χ0v) is 10.2. The first-order valence-corrected chi connectivity index (χ1v) is 6.20. The van der Waals surface area contributed by atoms with E-state index in [4.69, 9.17) is 0 Å². The summed E-state index contributed by atoms with van der Waals surface area (Å²) in [4.78, 5) is 4.33. The molecule has 0 saturated carbocycles. The quantitative estimate of drug-likeness (QED) is 0.513. The number of fused-ring (bicyclic) bond motifs is 3. The first kappa shape index (κ1) is 10.3. The van der Waals surface area contributed by atoms with Gasteiger partial charge in [0.2, 0.25) is 0 Å². The van der Waals surface area contributed by atoms with Gasteiger partial charge in [-0.3, -0.25) is 0 Å². The smallest absolute Gasteiger partial charge is 0.163 e. The standard InChI is InChI=1S/C16H11N3/c1-2-5-12(6-3-1)13-7-4-8-15-14(13)9-10-19-16(15)17-11-18-19/h1-11H. The zero-order chi connectivity index (χ0) is 12.7. The van der Waals surface area contributed by atoms with Crippen molar-refractivity contribution in [3.63, 3.8) is 0 Å². The van der Waals surface area contributed by atoms with Gasteiger partial charge in [0.05, 0.1) is 0 Å². The van der Waals surface area contributed by atoms with Gasteiger partial charge in [0.15, 0.2) is 5.65 Å². The zero-order valence-electron chi connectivity index (χ0n) is 10.2. The van der Waals surface area contributed by atoms with E-state index in [2.05, 4.69) is 58.6 Å². The topological polar surface area (TPSA) is 30.2 Å². The lowest BCUT2D eigenvalue weighted by Crippen LogP contribution is -1.89. The lowest BCUT2D eigenvalue weighted by atomic mass is 9.99. The molecule has 4 rings (SSSR count). The molecule has 0 N–H and O–H groups in total. The molecule has 0 atom stereocenters. The normalized spacial score (nSPS) is 11.2. The van der Waals surface area contributed by atoms with Crippen LogP contribution in [0.15, 0.2) is 67.1 Å². The van der Waals surface area contributed by atoms with Crippen LogP contribution in [0.4, 0.5) is 0 Å². The molecule has 0 spiro atoms. The SMILES string of the molecule is c1ccc(-c2cccc3c2ccn2ncnc32)cc1. The summed E-state index contributed by atoms with van der Waals surface area (Å²) in [5.41, 5.74) is 3.34. The number of benzene rings is 2. The highest BCUT2D eigenvalue weighted by atomic mass is 15.3. The predicted octanol–water partition coefficient (Wildman–Crippen LogP) is 3.55. The van der Waals surface area contributed by atoms with Gasteiger partial charge in [0.25, 0.3) is 0 Å². The van der Waals surface area contributed by atoms with Gasteiger partial charge in [0, 0.05) is 11.6 Å². The van der Waals surface area contributed by atoms with Crippen molar-refractivity contribution in [1.82, 2.24) is 14.6 Å². The Kier molecular flexibility index (Phi) is 2.12. The maximum absolute atomic E-state index is 4.33. The van der Waals surface area contributed by atoms with E-state index in [9.17, 15) is 0 Å². The third kappa shape index (κ3) is 1.52. The van der Waals surface area contributed by atoms with Gasteiger partial charge in [0.1, 0.15) is 6.33 Å². The number of hydrogen-bond acceptors (Lipinski definition) is 2. The van der Waals surface area contributed by atoms with E-state index in [0.29, 0.717) is 0 Å². The van der Waals surface area contributed by atoms with Crippen LogP contribution in [0.2, 0.25) is 0 Å². The van der Waals surface area contributed by atoms with Crippen LogP contribution < -0.4 is 0 Å². The van der Waals surface area contributed by atoms with E-state index in [1.165, 1.54) is 16.5 Å². The van der Waals surface area contributed by atoms with Gasteiger partial charge < -0.3 is 0 Å². The van der Waals surface area contributed by atoms with Gasteiger partial charge in [-0.2, -0.15) is 5.10 Å². The summed E-state index contributed by atoms with van der Waals surface area (Å²) in [6, 6.07) is 18.8. The minimum absolute atomic E-state index is 0.898. The predicted molar refractivity (Wildman–Crippen MR) is 75.9 cm³/mol. The van der Waals surface area contributed by atoms with E-state index < -0.39 is 0 Å². The second kappa shape index (κ2) is 3.92. The van der Waals surface area contributed by atoms with Crippen molar-refractivity contribution < 1.29 is 0 Å². The fourth-order valence-corrected chi connectivity index (χ4v) is 2.51. The Morgan fingerprint density at radius 1 is 0.789 bits per heavy atom. The van der Waals surface area contributed by atoms with E-state index in [0.717, 1.165) is 11.0 Å². The highest BCUT2D eigenvalue weighted by Gasteiger charge is 2.07. The lowest BCUT2D eigenvalue weighted by molar-refractivity contribution is 0.967. The van der Waals surface area contributed by atoms with E-state index in [1.807, 2.05) is 12.3 Å². The largest absolute Gasteiger partial charge is 0.221 e. The van der Waals surface area contributed by atoms with Crippen LogP contribution in [0.5, 0.6) is 0 Å². The second-order valence-corrected chi connectivity index (χ2v) is 4.48. The Labute approximate surface area is 110 Å². The molecular formula is C16H11N3. The Morgan fingerprint density at radius 3 is 2.58 bits per heavy atom. The molecule has 0 aliphatic rings. The van der Waals surface area contributed by atoms with Crippen LogP contribution in [0.25, 0.3) is 27.5 Å². The molecule has 3 nitrogen and oxygen atoms in total. The highest BCUT2D eigenvalue weighted by molar-refractivity contribution is 6.02. The summed E-state index contributed by atoms with van der Waals surface area (Å²) in [6.07, 6.45) is 3.54. The van der Waals surface area contributed by atoms with Crippen LogP contribution in [-0.2, 0) is 0 Å². The molecular weight excluding hydrogens is 234 g/mol. The second-order valence-electron chi connectivity index (χ2n) is 4.48. The molecule has 0 aliphatic carbocycles. The van der Waals surface area contributed by atoms with Gasteiger partial charge in [-0.15, -0.1) is 0 Å². The summed E-state index contributed by atoms with van der Waals surface area (Å²) in [6.45, 7) is 0. The van der Waals surface area contributed by atoms with E-state index in [1.54, 1.807) is 10.8 Å². The monoisotopic (exact) mass is 245 g/mol. The fourth-order valence-electron chi connectivity index (χ4n) is 2.51. The van der Waals surface area contributed by atoms with Crippen molar-refractivity contribution in [3.8, 4) is 11.1 Å². The van der Waals surface area contributed by atoms with Crippen LogP contribution in [-0.4, -0.2) is 14.6 Å². The lowest BCUT2D eigenvalue weighted by Gasteiger charge is -2.07. The van der Waals surface area contributed by atoms with Gasteiger partial charge in [-0.25, -0.2) is 9.50 Å². The molecule has 2 aromatic carbocycles. The van der Waals surface area contributed by atoms with Crippen LogP contribution >= 0.6 is 0 Å². The summed E-state index contributed by atoms with van der Waals surface area (Å²) in [7, 11) is 0. The summed E-state index contributed by atoms with van der Waals surface area (Å²) in [5.74, 6) is 0. The molecule has 2 aromatic heterocycles. The van der Waals surface area contributed by atoms with Crippen molar-refractivity contribution >= 4 is 16.4 Å². The average Bonchev–Trinajstić information content (AvgIpc) is 2.96. The summed E-state index contributed by atoms with van der Waals surface area (Å²) < 4.78 is 1.80. The average molecular weight is 245 g/mol. The molecule has 0 bridgehead atoms. The Hall–Kier alpha value is -2.68. The van der Waals surface area contributed by atoms with E-state index >= 15 is 0 Å². The number of rotatable bonds is 1. The third-order valence-electron chi connectivity index (χ3n) is 3.39. The number of aromatic nitrogens is 3. The van der Waals surface area contributed by atoms with Crippen LogP contribution in [0, 0.1) is 0 Å². The summed E-state index contributed by atoms with van der Waals surface area (Å²) in [5, 5.41) is 6.51. The van der Waals surface area contributed by atoms with E-state index in [-0.39, 0.29) is 0 Å². The van der Waals surface area contributed by atoms with Crippen molar-refractivity contribution in [2.24, 2.45) is 0 Å². The molecule has 0 unspecified atom stereocenters. The molecule has 2 heterocycles. The molecule has 19 heavy (non-hydrogen) atoms. The Balaban J connectivity index is 2.12. The first-order chi connectivity index (χ1) is 9.43. The minimum atomic E-state index is 0.898. The van der Waals surface area contributed by atoms with Gasteiger partial charge in [-0.05, 0) is 22.6 Å². The highest BCUT2D eigenvalue weighted by Crippen LogP contribution is 2.29. The molecule has 90 valence electrons. The van der Waals surface area contributed by atoms with Gasteiger partial charge in [-0.1, -0.05) is 48.5 Å². The molecule has 0 radical (unpaired) electrons. The molecule has 3 heteroatoms. The van der Waals surface area contributed by atoms with Crippen molar-refractivity contribution in [2.75, 3.05) is 0 Å². The minimum Gasteiger partial charge on any atom is -0.221 e. The first-order valence-electron chi connectivity index (χ1n) is 6.20. The number of hydrogen-bond donors (Lipinski definition) is 0. The Morgan fingerprint density at radius 2 is 1.68 bits per heavy atom.